The van der Waals surface area contributed by atoms with Crippen molar-refractivity contribution in [1.29, 1.82) is 0 Å². The molecule has 0 saturated heterocycles. The Morgan fingerprint density at radius 2 is 1.97 bits per heavy atom. The van der Waals surface area contributed by atoms with Crippen molar-refractivity contribution in [3.63, 3.8) is 0 Å². The third-order valence-electron chi connectivity index (χ3n) is 4.90. The zero-order chi connectivity index (χ0) is 22.5. The van der Waals surface area contributed by atoms with Crippen molar-refractivity contribution in [3.05, 3.63) is 94.4 Å². The number of furan rings is 1. The Hall–Kier alpha value is -3.58. The van der Waals surface area contributed by atoms with Gasteiger partial charge in [-0.3, -0.25) is 4.79 Å². The van der Waals surface area contributed by atoms with Gasteiger partial charge in [0.15, 0.2) is 5.76 Å². The molecule has 4 rings (SSSR count). The molecule has 0 radical (unpaired) electrons. The highest BCUT2D eigenvalue weighted by Gasteiger charge is 2.23. The molecular weight excluding hydrogens is 422 g/mol. The van der Waals surface area contributed by atoms with Crippen LogP contribution in [0.3, 0.4) is 0 Å². The van der Waals surface area contributed by atoms with E-state index in [-0.39, 0.29) is 17.7 Å². The number of ether oxygens (including phenoxy) is 1. The fraction of sp³-hybridized carbons (Fsp3) is 0.200. The second kappa shape index (κ2) is 9.70. The second-order valence-corrected chi connectivity index (χ2v) is 8.63. The largest absolute Gasteiger partial charge is 0.494 e. The maximum Gasteiger partial charge on any atom is 0.291 e. The van der Waals surface area contributed by atoms with Gasteiger partial charge in [0.05, 0.1) is 18.9 Å². The normalized spacial score (nSPS) is 11.7. The standard InChI is InChI=1S/C25H25N3O3S/c1-4-30-19-9-7-18(8-10-19)23(27-22-14-16(2)11-12-26-22)20-15-17(3)32-25(20)28-24(29)21-6-5-13-31-21/h5-15,23H,4H2,1-3H3,(H,26,27)(H,28,29)/t23-/m0/s1. The number of thiophene rings is 1. The van der Waals surface area contributed by atoms with Crippen molar-refractivity contribution in [2.75, 3.05) is 17.2 Å². The van der Waals surface area contributed by atoms with E-state index in [1.54, 1.807) is 18.3 Å². The Kier molecular flexibility index (Phi) is 6.56. The van der Waals surface area contributed by atoms with Gasteiger partial charge in [0.2, 0.25) is 0 Å². The number of nitrogens with one attached hydrogen (secondary N) is 2. The summed E-state index contributed by atoms with van der Waals surface area (Å²) in [6, 6.07) is 17.1. The number of anilines is 2. The minimum atomic E-state index is -0.280. The summed E-state index contributed by atoms with van der Waals surface area (Å²) in [5, 5.41) is 7.33. The maximum atomic E-state index is 12.7. The van der Waals surface area contributed by atoms with Crippen molar-refractivity contribution < 1.29 is 13.9 Å². The zero-order valence-electron chi connectivity index (χ0n) is 18.2. The third kappa shape index (κ3) is 5.00. The number of rotatable bonds is 8. The second-order valence-electron chi connectivity index (χ2n) is 7.37. The molecule has 4 aromatic rings. The topological polar surface area (TPSA) is 76.4 Å². The van der Waals surface area contributed by atoms with Gasteiger partial charge in [0.25, 0.3) is 5.91 Å². The van der Waals surface area contributed by atoms with E-state index in [0.29, 0.717) is 6.61 Å². The summed E-state index contributed by atoms with van der Waals surface area (Å²) in [6.45, 7) is 6.63. The molecule has 0 saturated carbocycles. The first kappa shape index (κ1) is 21.6. The Morgan fingerprint density at radius 1 is 1.16 bits per heavy atom. The summed E-state index contributed by atoms with van der Waals surface area (Å²) >= 11 is 1.53. The van der Waals surface area contributed by atoms with Crippen LogP contribution in [0.5, 0.6) is 5.75 Å². The van der Waals surface area contributed by atoms with Gasteiger partial charge in [-0.2, -0.15) is 0 Å². The number of amides is 1. The first-order valence-electron chi connectivity index (χ1n) is 10.4. The fourth-order valence-electron chi connectivity index (χ4n) is 3.45. The van der Waals surface area contributed by atoms with Crippen LogP contribution in [0.4, 0.5) is 10.8 Å². The predicted octanol–water partition coefficient (Wildman–Crippen LogP) is 6.21. The van der Waals surface area contributed by atoms with Crippen LogP contribution < -0.4 is 15.4 Å². The van der Waals surface area contributed by atoms with E-state index in [1.807, 2.05) is 57.2 Å². The molecule has 6 nitrogen and oxygen atoms in total. The number of hydrogen-bond acceptors (Lipinski definition) is 6. The van der Waals surface area contributed by atoms with E-state index in [0.717, 1.165) is 38.1 Å². The van der Waals surface area contributed by atoms with E-state index in [4.69, 9.17) is 9.15 Å². The van der Waals surface area contributed by atoms with E-state index in [1.165, 1.54) is 17.6 Å². The molecule has 0 unspecified atom stereocenters. The lowest BCUT2D eigenvalue weighted by Crippen LogP contribution is -2.17. The molecule has 164 valence electrons. The van der Waals surface area contributed by atoms with Gasteiger partial charge in [-0.15, -0.1) is 11.3 Å². The van der Waals surface area contributed by atoms with Gasteiger partial charge in [0, 0.05) is 16.6 Å². The van der Waals surface area contributed by atoms with Gasteiger partial charge in [-0.1, -0.05) is 12.1 Å². The molecule has 0 spiro atoms. The number of aromatic nitrogens is 1. The number of aryl methyl sites for hydroxylation is 2. The molecule has 3 aromatic heterocycles. The van der Waals surface area contributed by atoms with Crippen LogP contribution in [0.1, 0.15) is 45.1 Å². The lowest BCUT2D eigenvalue weighted by atomic mass is 9.99. The molecule has 7 heteroatoms. The molecule has 0 fully saturated rings. The Bertz CT molecular complexity index is 1180. The average molecular weight is 448 g/mol. The monoisotopic (exact) mass is 447 g/mol. The Labute approximate surface area is 191 Å². The zero-order valence-corrected chi connectivity index (χ0v) is 19.0. The summed E-state index contributed by atoms with van der Waals surface area (Å²) < 4.78 is 10.9. The van der Waals surface area contributed by atoms with Gasteiger partial charge in [0.1, 0.15) is 16.6 Å². The number of carbonyl (C=O) groups is 1. The molecule has 32 heavy (non-hydrogen) atoms. The molecule has 0 aliphatic carbocycles. The molecule has 1 aromatic carbocycles. The van der Waals surface area contributed by atoms with Gasteiger partial charge in [-0.05, 0) is 74.4 Å². The first-order valence-corrected chi connectivity index (χ1v) is 11.2. The number of pyridine rings is 1. The van der Waals surface area contributed by atoms with E-state index in [9.17, 15) is 4.79 Å². The van der Waals surface area contributed by atoms with E-state index < -0.39 is 0 Å². The van der Waals surface area contributed by atoms with Crippen molar-refractivity contribution in [1.82, 2.24) is 4.98 Å². The van der Waals surface area contributed by atoms with E-state index >= 15 is 0 Å². The highest BCUT2D eigenvalue weighted by Crippen LogP contribution is 2.38. The van der Waals surface area contributed by atoms with Gasteiger partial charge in [-0.25, -0.2) is 4.98 Å². The van der Waals surface area contributed by atoms with Crippen molar-refractivity contribution in [2.45, 2.75) is 26.8 Å². The fourth-order valence-corrected chi connectivity index (χ4v) is 4.39. The highest BCUT2D eigenvalue weighted by molar-refractivity contribution is 7.16. The minimum Gasteiger partial charge on any atom is -0.494 e. The van der Waals surface area contributed by atoms with Crippen LogP contribution in [-0.2, 0) is 0 Å². The molecular formula is C25H25N3O3S. The summed E-state index contributed by atoms with van der Waals surface area (Å²) in [4.78, 5) is 18.2. The lowest BCUT2D eigenvalue weighted by molar-refractivity contribution is 0.0997. The van der Waals surface area contributed by atoms with Gasteiger partial charge >= 0.3 is 0 Å². The van der Waals surface area contributed by atoms with E-state index in [2.05, 4.69) is 21.7 Å². The van der Waals surface area contributed by atoms with Crippen LogP contribution in [-0.4, -0.2) is 17.5 Å². The minimum absolute atomic E-state index is 0.225. The number of benzene rings is 1. The molecule has 0 aliphatic heterocycles. The highest BCUT2D eigenvalue weighted by atomic mass is 32.1. The molecule has 0 bridgehead atoms. The average Bonchev–Trinajstić information content (AvgIpc) is 3.43. The smallest absolute Gasteiger partial charge is 0.291 e. The quantitative estimate of drug-likeness (QED) is 0.336. The van der Waals surface area contributed by atoms with Crippen LogP contribution >= 0.6 is 11.3 Å². The molecule has 3 heterocycles. The number of hydrogen-bond donors (Lipinski definition) is 2. The van der Waals surface area contributed by atoms with Crippen LogP contribution in [0.15, 0.2) is 71.5 Å². The first-order chi connectivity index (χ1) is 15.5. The molecule has 1 amide bonds. The lowest BCUT2D eigenvalue weighted by Gasteiger charge is -2.21. The number of nitrogens with zero attached hydrogens (tertiary/aromatic N) is 1. The maximum absolute atomic E-state index is 12.7. The van der Waals surface area contributed by atoms with Crippen LogP contribution in [0, 0.1) is 13.8 Å². The van der Waals surface area contributed by atoms with Crippen molar-refractivity contribution >= 4 is 28.1 Å². The molecule has 1 atom stereocenters. The molecule has 0 aliphatic rings. The van der Waals surface area contributed by atoms with Crippen LogP contribution in [0.25, 0.3) is 0 Å². The number of carbonyl (C=O) groups excluding carboxylic acids is 1. The van der Waals surface area contributed by atoms with Crippen LogP contribution in [0.2, 0.25) is 0 Å². The molecule has 2 N–H and O–H groups in total. The third-order valence-corrected chi connectivity index (χ3v) is 5.88. The van der Waals surface area contributed by atoms with Crippen molar-refractivity contribution in [3.8, 4) is 5.75 Å². The SMILES string of the molecule is CCOc1ccc([C@H](Nc2cc(C)ccn2)c2cc(C)sc2NC(=O)c2ccco2)cc1. The summed E-state index contributed by atoms with van der Waals surface area (Å²) in [5.41, 5.74) is 3.10. The Morgan fingerprint density at radius 3 is 2.66 bits per heavy atom. The predicted molar refractivity (Wildman–Crippen MR) is 128 cm³/mol. The van der Waals surface area contributed by atoms with Crippen molar-refractivity contribution in [2.24, 2.45) is 0 Å². The van der Waals surface area contributed by atoms with Gasteiger partial charge < -0.3 is 19.8 Å². The summed E-state index contributed by atoms with van der Waals surface area (Å²) in [7, 11) is 0. The summed E-state index contributed by atoms with van der Waals surface area (Å²) in [5.74, 6) is 1.57. The summed E-state index contributed by atoms with van der Waals surface area (Å²) in [6.07, 6.45) is 3.27. The Balaban J connectivity index is 1.71.